The summed E-state index contributed by atoms with van der Waals surface area (Å²) < 4.78 is 25.1. The van der Waals surface area contributed by atoms with E-state index in [0.29, 0.717) is 5.33 Å². The quantitative estimate of drug-likeness (QED) is 0.618. The Morgan fingerprint density at radius 1 is 1.32 bits per heavy atom. The van der Waals surface area contributed by atoms with Crippen LogP contribution in [-0.2, 0) is 4.79 Å². The van der Waals surface area contributed by atoms with Gasteiger partial charge in [0.05, 0.1) is 0 Å². The van der Waals surface area contributed by atoms with Crippen LogP contribution in [-0.4, -0.2) is 27.3 Å². The lowest BCUT2D eigenvalue weighted by atomic mass is 9.95. The summed E-state index contributed by atoms with van der Waals surface area (Å²) in [6, 6.07) is 3.02. The number of alkyl halides is 3. The number of ketones is 1. The van der Waals surface area contributed by atoms with Crippen LogP contribution in [0.3, 0.4) is 0 Å². The lowest BCUT2D eigenvalue weighted by molar-refractivity contribution is -0.146. The van der Waals surface area contributed by atoms with E-state index in [1.54, 1.807) is 0 Å². The van der Waals surface area contributed by atoms with E-state index in [-0.39, 0.29) is 17.5 Å². The molecule has 1 aromatic carbocycles. The maximum Gasteiger partial charge on any atom is 0.337 e. The van der Waals surface area contributed by atoms with Gasteiger partial charge in [0, 0.05) is 28.4 Å². The Hall–Kier alpha value is -1.34. The van der Waals surface area contributed by atoms with E-state index in [1.807, 2.05) is 0 Å². The van der Waals surface area contributed by atoms with Gasteiger partial charge in [0.2, 0.25) is 0 Å². The molecule has 4 nitrogen and oxygen atoms in total. The van der Waals surface area contributed by atoms with Crippen molar-refractivity contribution < 1.29 is 28.6 Å². The standard InChI is InChI=1S/C12H11BrF2O4/c13-4-3-9(16)7-2-1-6(11(14)15)5-8(7)10(17)12(18)19/h1-2,5,10-11,17H,3-4H2,(H,18,19). The second-order valence-electron chi connectivity index (χ2n) is 3.75. The molecule has 19 heavy (non-hydrogen) atoms. The van der Waals surface area contributed by atoms with Crippen molar-refractivity contribution in [3.8, 4) is 0 Å². The van der Waals surface area contributed by atoms with Gasteiger partial charge in [0.15, 0.2) is 11.9 Å². The molecule has 1 aromatic rings. The van der Waals surface area contributed by atoms with Crippen LogP contribution in [0.25, 0.3) is 0 Å². The van der Waals surface area contributed by atoms with Crippen LogP contribution in [0.15, 0.2) is 18.2 Å². The molecule has 0 aromatic heterocycles. The summed E-state index contributed by atoms with van der Waals surface area (Å²) in [5.74, 6) is -2.02. The number of hydrogen-bond donors (Lipinski definition) is 2. The highest BCUT2D eigenvalue weighted by Gasteiger charge is 2.24. The summed E-state index contributed by atoms with van der Waals surface area (Å²) in [5.41, 5.74) is -0.805. The van der Waals surface area contributed by atoms with Crippen LogP contribution in [0.4, 0.5) is 8.78 Å². The monoisotopic (exact) mass is 336 g/mol. The lowest BCUT2D eigenvalue weighted by Crippen LogP contribution is -2.16. The zero-order valence-corrected chi connectivity index (χ0v) is 11.2. The molecule has 0 fully saturated rings. The number of Topliss-reactive ketones (excluding diaryl/α,β-unsaturated/α-hetero) is 1. The third-order valence-corrected chi connectivity index (χ3v) is 2.87. The number of carbonyl (C=O) groups excluding carboxylic acids is 1. The topological polar surface area (TPSA) is 74.6 Å². The normalized spacial score (nSPS) is 12.5. The minimum absolute atomic E-state index is 0.0567. The van der Waals surface area contributed by atoms with Crippen LogP contribution in [0.1, 0.15) is 40.4 Å². The first-order valence-electron chi connectivity index (χ1n) is 5.30. The minimum Gasteiger partial charge on any atom is -0.479 e. The Bertz CT molecular complexity index is 491. The molecule has 1 unspecified atom stereocenters. The number of hydrogen-bond acceptors (Lipinski definition) is 3. The van der Waals surface area contributed by atoms with Crippen LogP contribution in [0.5, 0.6) is 0 Å². The zero-order valence-electron chi connectivity index (χ0n) is 9.65. The summed E-state index contributed by atoms with van der Waals surface area (Å²) in [7, 11) is 0. The van der Waals surface area contributed by atoms with Crippen molar-refractivity contribution in [2.75, 3.05) is 5.33 Å². The van der Waals surface area contributed by atoms with Crippen LogP contribution in [0.2, 0.25) is 0 Å². The van der Waals surface area contributed by atoms with Crippen molar-refractivity contribution in [2.24, 2.45) is 0 Å². The number of aliphatic hydroxyl groups excluding tert-OH is 1. The molecule has 0 aliphatic carbocycles. The van der Waals surface area contributed by atoms with Crippen molar-refractivity contribution >= 4 is 27.7 Å². The molecule has 2 N–H and O–H groups in total. The van der Waals surface area contributed by atoms with Gasteiger partial charge in [-0.25, -0.2) is 13.6 Å². The molecular formula is C12H11BrF2O4. The maximum absolute atomic E-state index is 12.6. The van der Waals surface area contributed by atoms with Crippen LogP contribution >= 0.6 is 15.9 Å². The Labute approximate surface area is 116 Å². The van der Waals surface area contributed by atoms with Gasteiger partial charge >= 0.3 is 5.97 Å². The van der Waals surface area contributed by atoms with Gasteiger partial charge in [-0.3, -0.25) is 4.79 Å². The zero-order chi connectivity index (χ0) is 14.6. The van der Waals surface area contributed by atoms with E-state index in [9.17, 15) is 23.5 Å². The number of aliphatic hydroxyl groups is 1. The van der Waals surface area contributed by atoms with E-state index in [2.05, 4.69) is 15.9 Å². The van der Waals surface area contributed by atoms with Gasteiger partial charge in [-0.15, -0.1) is 0 Å². The Morgan fingerprint density at radius 3 is 2.42 bits per heavy atom. The largest absolute Gasteiger partial charge is 0.479 e. The summed E-state index contributed by atoms with van der Waals surface area (Å²) in [6.07, 6.45) is -4.74. The van der Waals surface area contributed by atoms with Gasteiger partial charge in [-0.05, 0) is 6.07 Å². The van der Waals surface area contributed by atoms with Crippen LogP contribution < -0.4 is 0 Å². The average molecular weight is 337 g/mol. The fourth-order valence-electron chi connectivity index (χ4n) is 1.55. The minimum atomic E-state index is -2.81. The molecule has 1 atom stereocenters. The molecule has 7 heteroatoms. The third-order valence-electron chi connectivity index (χ3n) is 2.48. The maximum atomic E-state index is 12.6. The highest BCUT2D eigenvalue weighted by atomic mass is 79.9. The molecule has 0 saturated carbocycles. The summed E-state index contributed by atoms with van der Waals surface area (Å²) in [4.78, 5) is 22.5. The van der Waals surface area contributed by atoms with E-state index in [4.69, 9.17) is 5.11 Å². The Kier molecular flexibility index (Phi) is 5.56. The van der Waals surface area contributed by atoms with Crippen molar-refractivity contribution in [3.05, 3.63) is 34.9 Å². The van der Waals surface area contributed by atoms with Gasteiger partial charge in [0.25, 0.3) is 6.43 Å². The Morgan fingerprint density at radius 2 is 1.95 bits per heavy atom. The van der Waals surface area contributed by atoms with E-state index in [0.717, 1.165) is 18.2 Å². The van der Waals surface area contributed by atoms with E-state index >= 15 is 0 Å². The van der Waals surface area contributed by atoms with Gasteiger partial charge < -0.3 is 10.2 Å². The number of carboxylic acid groups (broad SMARTS) is 1. The van der Waals surface area contributed by atoms with Crippen molar-refractivity contribution in [1.82, 2.24) is 0 Å². The molecular weight excluding hydrogens is 326 g/mol. The third kappa shape index (κ3) is 3.81. The highest BCUT2D eigenvalue weighted by Crippen LogP contribution is 2.27. The number of halogens is 3. The van der Waals surface area contributed by atoms with E-state index < -0.39 is 29.8 Å². The van der Waals surface area contributed by atoms with Crippen molar-refractivity contribution in [3.63, 3.8) is 0 Å². The molecule has 0 spiro atoms. The first-order valence-corrected chi connectivity index (χ1v) is 6.42. The van der Waals surface area contributed by atoms with Crippen molar-refractivity contribution in [1.29, 1.82) is 0 Å². The van der Waals surface area contributed by atoms with E-state index in [1.165, 1.54) is 0 Å². The first kappa shape index (κ1) is 15.7. The number of aliphatic carboxylic acids is 1. The number of rotatable bonds is 6. The number of carboxylic acids is 1. The fraction of sp³-hybridized carbons (Fsp3) is 0.333. The summed E-state index contributed by atoms with van der Waals surface area (Å²) in [5, 5.41) is 18.6. The molecule has 104 valence electrons. The van der Waals surface area contributed by atoms with Gasteiger partial charge in [0.1, 0.15) is 0 Å². The van der Waals surface area contributed by atoms with Gasteiger partial charge in [-0.2, -0.15) is 0 Å². The second-order valence-corrected chi connectivity index (χ2v) is 4.54. The second kappa shape index (κ2) is 6.72. The smallest absolute Gasteiger partial charge is 0.337 e. The Balaban J connectivity index is 3.30. The molecule has 0 saturated heterocycles. The summed E-state index contributed by atoms with van der Waals surface area (Å²) >= 11 is 3.06. The summed E-state index contributed by atoms with van der Waals surface area (Å²) in [6.45, 7) is 0. The molecule has 0 amide bonds. The highest BCUT2D eigenvalue weighted by molar-refractivity contribution is 9.09. The average Bonchev–Trinajstić information content (AvgIpc) is 2.37. The first-order chi connectivity index (χ1) is 8.88. The molecule has 0 radical (unpaired) electrons. The van der Waals surface area contributed by atoms with Gasteiger partial charge in [-0.1, -0.05) is 28.1 Å². The SMILES string of the molecule is O=C(CCBr)c1ccc(C(F)F)cc1C(O)C(=O)O. The molecule has 1 rings (SSSR count). The lowest BCUT2D eigenvalue weighted by Gasteiger charge is -2.13. The number of carbonyl (C=O) groups is 2. The predicted octanol–water partition coefficient (Wildman–Crippen LogP) is 2.71. The molecule has 0 aliphatic heterocycles. The molecule has 0 bridgehead atoms. The van der Waals surface area contributed by atoms with Crippen molar-refractivity contribution in [2.45, 2.75) is 19.0 Å². The fourth-order valence-corrected chi connectivity index (χ4v) is 1.91. The molecule has 0 heterocycles. The van der Waals surface area contributed by atoms with Crippen LogP contribution in [0, 0.1) is 0 Å². The number of benzene rings is 1. The molecule has 0 aliphatic rings. The predicted molar refractivity (Wildman–Crippen MR) is 66.7 cm³/mol.